The van der Waals surface area contributed by atoms with E-state index >= 15 is 0 Å². The normalized spacial score (nSPS) is 13.2. The van der Waals surface area contributed by atoms with Crippen molar-refractivity contribution in [2.45, 2.75) is 66.0 Å². The molecule has 2 N–H and O–H groups in total. The summed E-state index contributed by atoms with van der Waals surface area (Å²) in [7, 11) is 0. The van der Waals surface area contributed by atoms with Crippen LogP contribution in [-0.2, 0) is 28.6 Å². The summed E-state index contributed by atoms with van der Waals surface area (Å²) in [5.74, 6) is -1.80. The topological polar surface area (TPSA) is 105 Å². The molecule has 0 amide bonds. The monoisotopic (exact) mass is 331 g/mol. The van der Waals surface area contributed by atoms with Crippen molar-refractivity contribution in [2.24, 2.45) is 11.1 Å². The van der Waals surface area contributed by atoms with Crippen molar-refractivity contribution >= 4 is 17.9 Å². The van der Waals surface area contributed by atoms with E-state index in [0.29, 0.717) is 0 Å². The van der Waals surface area contributed by atoms with Gasteiger partial charge in [0.2, 0.25) is 0 Å². The molecule has 0 aromatic heterocycles. The highest BCUT2D eigenvalue weighted by Crippen LogP contribution is 2.13. The lowest BCUT2D eigenvalue weighted by Gasteiger charge is -2.20. The standard InChI is InChI=1S/C16H29NO6/c1-15(2,3)10-22-14(20)11(17)7-8-12(18)21-9-13(19)23-16(4,5)6/h11H,7-10,17H2,1-6H3/t11-/m0/s1. The maximum absolute atomic E-state index is 11.7. The SMILES string of the molecule is CC(C)(C)COC(=O)[C@@H](N)CCC(=O)OCC(=O)OC(C)(C)C. The van der Waals surface area contributed by atoms with Crippen molar-refractivity contribution < 1.29 is 28.6 Å². The highest BCUT2D eigenvalue weighted by Gasteiger charge is 2.21. The van der Waals surface area contributed by atoms with Crippen LogP contribution in [-0.4, -0.2) is 42.8 Å². The number of carbonyl (C=O) groups excluding carboxylic acids is 3. The van der Waals surface area contributed by atoms with Gasteiger partial charge in [-0.05, 0) is 32.6 Å². The van der Waals surface area contributed by atoms with E-state index in [1.54, 1.807) is 20.8 Å². The molecule has 0 saturated carbocycles. The van der Waals surface area contributed by atoms with E-state index in [2.05, 4.69) is 0 Å². The molecular weight excluding hydrogens is 302 g/mol. The van der Waals surface area contributed by atoms with Crippen LogP contribution in [0.2, 0.25) is 0 Å². The van der Waals surface area contributed by atoms with Gasteiger partial charge < -0.3 is 19.9 Å². The fourth-order valence-electron chi connectivity index (χ4n) is 1.37. The van der Waals surface area contributed by atoms with Crippen LogP contribution in [0.4, 0.5) is 0 Å². The molecule has 7 nitrogen and oxygen atoms in total. The molecular formula is C16H29NO6. The Morgan fingerprint density at radius 3 is 2.00 bits per heavy atom. The molecule has 0 aliphatic heterocycles. The van der Waals surface area contributed by atoms with E-state index in [9.17, 15) is 14.4 Å². The highest BCUT2D eigenvalue weighted by atomic mass is 16.6. The predicted octanol–water partition coefficient (Wildman–Crippen LogP) is 1.57. The van der Waals surface area contributed by atoms with Crippen LogP contribution in [0, 0.1) is 5.41 Å². The smallest absolute Gasteiger partial charge is 0.344 e. The summed E-state index contributed by atoms with van der Waals surface area (Å²) in [6.45, 7) is 10.7. The third-order valence-electron chi connectivity index (χ3n) is 2.38. The quantitative estimate of drug-likeness (QED) is 0.557. The van der Waals surface area contributed by atoms with Gasteiger partial charge in [0.25, 0.3) is 0 Å². The zero-order valence-electron chi connectivity index (χ0n) is 14.9. The molecule has 0 aromatic carbocycles. The van der Waals surface area contributed by atoms with Gasteiger partial charge in [0.15, 0.2) is 6.61 Å². The third kappa shape index (κ3) is 12.6. The van der Waals surface area contributed by atoms with Crippen molar-refractivity contribution in [1.29, 1.82) is 0 Å². The Morgan fingerprint density at radius 2 is 1.52 bits per heavy atom. The Bertz CT molecular complexity index is 419. The van der Waals surface area contributed by atoms with Gasteiger partial charge in [-0.15, -0.1) is 0 Å². The molecule has 0 fully saturated rings. The molecule has 0 heterocycles. The second-order valence-corrected chi connectivity index (χ2v) is 7.56. The summed E-state index contributed by atoms with van der Waals surface area (Å²) in [6.07, 6.45) is 0.0186. The Hall–Kier alpha value is -1.63. The summed E-state index contributed by atoms with van der Waals surface area (Å²) in [4.78, 5) is 34.6. The summed E-state index contributed by atoms with van der Waals surface area (Å²) in [6, 6.07) is -0.897. The van der Waals surface area contributed by atoms with Crippen molar-refractivity contribution in [3.63, 3.8) is 0 Å². The van der Waals surface area contributed by atoms with E-state index in [1.807, 2.05) is 20.8 Å². The van der Waals surface area contributed by atoms with Gasteiger partial charge in [-0.1, -0.05) is 20.8 Å². The second kappa shape index (κ2) is 8.86. The molecule has 0 rings (SSSR count). The van der Waals surface area contributed by atoms with E-state index in [1.165, 1.54) is 0 Å². The number of hydrogen-bond acceptors (Lipinski definition) is 7. The van der Waals surface area contributed by atoms with Gasteiger partial charge in [-0.2, -0.15) is 0 Å². The Labute approximate surface area is 137 Å². The Morgan fingerprint density at radius 1 is 0.957 bits per heavy atom. The van der Waals surface area contributed by atoms with Gasteiger partial charge in [0.05, 0.1) is 6.61 Å². The van der Waals surface area contributed by atoms with Crippen LogP contribution in [0.1, 0.15) is 54.4 Å². The molecule has 0 aliphatic rings. The number of ether oxygens (including phenoxy) is 3. The summed E-state index contributed by atoms with van der Waals surface area (Å²) >= 11 is 0. The summed E-state index contributed by atoms with van der Waals surface area (Å²) in [5.41, 5.74) is 4.87. The number of nitrogens with two attached hydrogens (primary N) is 1. The molecule has 0 saturated heterocycles. The fraction of sp³-hybridized carbons (Fsp3) is 0.812. The van der Waals surface area contributed by atoms with Gasteiger partial charge in [-0.3, -0.25) is 9.59 Å². The first kappa shape index (κ1) is 21.4. The van der Waals surface area contributed by atoms with E-state index in [0.717, 1.165) is 0 Å². The van der Waals surface area contributed by atoms with Crippen LogP contribution in [0.15, 0.2) is 0 Å². The zero-order valence-corrected chi connectivity index (χ0v) is 14.9. The van der Waals surface area contributed by atoms with Crippen LogP contribution >= 0.6 is 0 Å². The van der Waals surface area contributed by atoms with Crippen molar-refractivity contribution in [1.82, 2.24) is 0 Å². The minimum atomic E-state index is -0.897. The molecule has 7 heteroatoms. The molecule has 23 heavy (non-hydrogen) atoms. The van der Waals surface area contributed by atoms with Crippen LogP contribution in [0.5, 0.6) is 0 Å². The van der Waals surface area contributed by atoms with E-state index in [4.69, 9.17) is 19.9 Å². The van der Waals surface area contributed by atoms with Gasteiger partial charge in [-0.25, -0.2) is 4.79 Å². The fourth-order valence-corrected chi connectivity index (χ4v) is 1.37. The molecule has 134 valence electrons. The molecule has 0 spiro atoms. The molecule has 0 aliphatic carbocycles. The maximum Gasteiger partial charge on any atom is 0.344 e. The highest BCUT2D eigenvalue weighted by molar-refractivity contribution is 5.78. The summed E-state index contributed by atoms with van der Waals surface area (Å²) < 4.78 is 14.8. The first-order valence-corrected chi connectivity index (χ1v) is 7.60. The predicted molar refractivity (Wildman–Crippen MR) is 84.4 cm³/mol. The Kier molecular flexibility index (Phi) is 8.23. The minimum absolute atomic E-state index is 0.0748. The van der Waals surface area contributed by atoms with Crippen LogP contribution in [0.25, 0.3) is 0 Å². The maximum atomic E-state index is 11.7. The van der Waals surface area contributed by atoms with Crippen LogP contribution < -0.4 is 5.73 Å². The first-order chi connectivity index (χ1) is 10.3. The number of carbonyl (C=O) groups is 3. The third-order valence-corrected chi connectivity index (χ3v) is 2.38. The van der Waals surface area contributed by atoms with Gasteiger partial charge in [0.1, 0.15) is 11.6 Å². The zero-order chi connectivity index (χ0) is 18.3. The summed E-state index contributed by atoms with van der Waals surface area (Å²) in [5, 5.41) is 0. The molecule has 0 bridgehead atoms. The largest absolute Gasteiger partial charge is 0.464 e. The molecule has 0 unspecified atom stereocenters. The lowest BCUT2D eigenvalue weighted by Crippen LogP contribution is -2.35. The minimum Gasteiger partial charge on any atom is -0.464 e. The lowest BCUT2D eigenvalue weighted by molar-refractivity contribution is -0.166. The second-order valence-electron chi connectivity index (χ2n) is 7.56. The van der Waals surface area contributed by atoms with Crippen LogP contribution in [0.3, 0.4) is 0 Å². The lowest BCUT2D eigenvalue weighted by atomic mass is 9.99. The average molecular weight is 331 g/mol. The van der Waals surface area contributed by atoms with Crippen molar-refractivity contribution in [2.75, 3.05) is 13.2 Å². The number of rotatable bonds is 7. The molecule has 0 aromatic rings. The van der Waals surface area contributed by atoms with Gasteiger partial charge in [0, 0.05) is 6.42 Å². The molecule has 1 atom stereocenters. The van der Waals surface area contributed by atoms with E-state index in [-0.39, 0.29) is 24.9 Å². The van der Waals surface area contributed by atoms with Crippen molar-refractivity contribution in [3.8, 4) is 0 Å². The number of esters is 3. The van der Waals surface area contributed by atoms with Crippen molar-refractivity contribution in [3.05, 3.63) is 0 Å². The molecule has 0 radical (unpaired) electrons. The first-order valence-electron chi connectivity index (χ1n) is 7.60. The Balaban J connectivity index is 4.00. The van der Waals surface area contributed by atoms with Gasteiger partial charge >= 0.3 is 17.9 Å². The average Bonchev–Trinajstić information content (AvgIpc) is 2.36. The van der Waals surface area contributed by atoms with E-state index < -0.39 is 36.2 Å². The number of hydrogen-bond donors (Lipinski definition) is 1.